The predicted octanol–water partition coefficient (Wildman–Crippen LogP) is -0.0659. The lowest BCUT2D eigenvalue weighted by atomic mass is 10.00. The number of amides is 5. The van der Waals surface area contributed by atoms with Crippen molar-refractivity contribution in [3.63, 3.8) is 0 Å². The first kappa shape index (κ1) is 31.3. The van der Waals surface area contributed by atoms with Crippen molar-refractivity contribution in [2.45, 2.75) is 64.6 Å². The van der Waals surface area contributed by atoms with Crippen LogP contribution in [0.3, 0.4) is 0 Å². The molecule has 13 heteroatoms. The molecular weight excluding hydrogens is 534 g/mol. The molecule has 13 nitrogen and oxygen atoms in total. The Morgan fingerprint density at radius 3 is 2.51 bits per heavy atom. The number of rotatable bonds is 11. The van der Waals surface area contributed by atoms with Crippen LogP contribution in [0.25, 0.3) is 0 Å². The fourth-order valence-corrected chi connectivity index (χ4v) is 4.67. The van der Waals surface area contributed by atoms with Crippen LogP contribution in [-0.2, 0) is 39.9 Å². The number of carbonyl (C=O) groups excluding carboxylic acids is 6. The molecule has 5 amide bonds. The van der Waals surface area contributed by atoms with Crippen molar-refractivity contribution in [3.05, 3.63) is 41.5 Å². The number of phenolic OH excluding ortho intramolecular Hbond substituents is 1. The molecule has 0 spiro atoms. The number of aromatic hydroxyl groups is 1. The van der Waals surface area contributed by atoms with Crippen LogP contribution in [0.2, 0.25) is 0 Å². The SMILES string of the molecule is COC(=O)C1CCCN(C(=O)[C@H](Cc2cccc(O)c2)NC(=O)[C@@H](NC(=O)CCN2C(=O)C=C(C)C2=O)C(C)C)N1. The second-order valence-electron chi connectivity index (χ2n) is 10.4. The maximum absolute atomic E-state index is 13.6. The van der Waals surface area contributed by atoms with E-state index in [4.69, 9.17) is 4.74 Å². The number of esters is 1. The molecule has 0 bridgehead atoms. The van der Waals surface area contributed by atoms with Gasteiger partial charge >= 0.3 is 5.97 Å². The third-order valence-corrected chi connectivity index (χ3v) is 6.92. The van der Waals surface area contributed by atoms with Crippen molar-refractivity contribution < 1.29 is 38.6 Å². The molecule has 3 atom stereocenters. The summed E-state index contributed by atoms with van der Waals surface area (Å²) in [5.74, 6) is -3.50. The van der Waals surface area contributed by atoms with Gasteiger partial charge in [0, 0.05) is 37.6 Å². The summed E-state index contributed by atoms with van der Waals surface area (Å²) in [4.78, 5) is 76.8. The summed E-state index contributed by atoms with van der Waals surface area (Å²) in [5.41, 5.74) is 3.74. The molecule has 0 aliphatic carbocycles. The molecule has 1 fully saturated rings. The Morgan fingerprint density at radius 1 is 1.17 bits per heavy atom. The third-order valence-electron chi connectivity index (χ3n) is 6.92. The summed E-state index contributed by atoms with van der Waals surface area (Å²) in [5, 5.41) is 16.6. The highest BCUT2D eigenvalue weighted by molar-refractivity contribution is 6.16. The van der Waals surface area contributed by atoms with Crippen LogP contribution in [0.1, 0.15) is 45.6 Å². The summed E-state index contributed by atoms with van der Waals surface area (Å²) in [6.07, 6.45) is 2.05. The molecule has 1 unspecified atom stereocenters. The Bertz CT molecular complexity index is 1230. The molecule has 0 radical (unpaired) electrons. The highest BCUT2D eigenvalue weighted by Gasteiger charge is 2.35. The standard InChI is InChI=1S/C28H37N5O8/c1-16(2)24(30-22(35)10-12-32-23(36)13-17(3)26(32)38)25(37)29-21(15-18-7-5-8-19(34)14-18)27(39)33-11-6-9-20(31-33)28(40)41-4/h5,7-8,13-14,16,20-21,24,31,34H,6,9-12,15H2,1-4H3,(H,29,37)(H,30,35)/t20?,21-,24-/m0/s1. The van der Waals surface area contributed by atoms with Crippen LogP contribution in [0.4, 0.5) is 0 Å². The normalized spacial score (nSPS) is 18.6. The molecule has 2 aliphatic rings. The molecule has 0 saturated carbocycles. The van der Waals surface area contributed by atoms with Gasteiger partial charge in [-0.3, -0.25) is 38.7 Å². The second kappa shape index (κ2) is 13.9. The Hall–Kier alpha value is -4.26. The van der Waals surface area contributed by atoms with Crippen molar-refractivity contribution in [2.75, 3.05) is 20.2 Å². The van der Waals surface area contributed by atoms with E-state index in [-0.39, 0.29) is 31.1 Å². The molecule has 1 aromatic rings. The van der Waals surface area contributed by atoms with E-state index in [1.165, 1.54) is 37.3 Å². The highest BCUT2D eigenvalue weighted by atomic mass is 16.5. The average Bonchev–Trinajstić information content (AvgIpc) is 3.18. The minimum absolute atomic E-state index is 0.00504. The summed E-state index contributed by atoms with van der Waals surface area (Å²) in [6.45, 7) is 5.13. The predicted molar refractivity (Wildman–Crippen MR) is 145 cm³/mol. The van der Waals surface area contributed by atoms with Gasteiger partial charge in [-0.15, -0.1) is 0 Å². The highest BCUT2D eigenvalue weighted by Crippen LogP contribution is 2.17. The number of carbonyl (C=O) groups is 6. The zero-order chi connectivity index (χ0) is 30.3. The molecule has 2 heterocycles. The number of hydrogen-bond acceptors (Lipinski definition) is 9. The summed E-state index contributed by atoms with van der Waals surface area (Å²) in [6, 6.07) is 3.44. The number of nitrogens with one attached hydrogen (secondary N) is 3. The molecule has 0 aromatic heterocycles. The van der Waals surface area contributed by atoms with Crippen LogP contribution in [-0.4, -0.2) is 88.8 Å². The van der Waals surface area contributed by atoms with E-state index in [0.29, 0.717) is 30.5 Å². The smallest absolute Gasteiger partial charge is 0.324 e. The van der Waals surface area contributed by atoms with Gasteiger partial charge in [-0.25, -0.2) is 5.43 Å². The monoisotopic (exact) mass is 571 g/mol. The fraction of sp³-hybridized carbons (Fsp3) is 0.500. The number of phenols is 1. The van der Waals surface area contributed by atoms with Gasteiger partial charge < -0.3 is 20.5 Å². The Kier molecular flexibility index (Phi) is 10.6. The van der Waals surface area contributed by atoms with Crippen LogP contribution < -0.4 is 16.1 Å². The molecule has 2 aliphatic heterocycles. The zero-order valence-corrected chi connectivity index (χ0v) is 23.6. The van der Waals surface area contributed by atoms with Gasteiger partial charge in [0.25, 0.3) is 17.7 Å². The minimum atomic E-state index is -1.10. The van der Waals surface area contributed by atoms with E-state index >= 15 is 0 Å². The number of nitrogens with zero attached hydrogens (tertiary/aromatic N) is 2. The van der Waals surface area contributed by atoms with E-state index in [1.54, 1.807) is 26.0 Å². The van der Waals surface area contributed by atoms with Gasteiger partial charge in [0.05, 0.1) is 7.11 Å². The molecule has 1 saturated heterocycles. The lowest BCUT2D eigenvalue weighted by Gasteiger charge is -2.35. The van der Waals surface area contributed by atoms with Gasteiger partial charge in [0.1, 0.15) is 23.9 Å². The Morgan fingerprint density at radius 2 is 1.90 bits per heavy atom. The van der Waals surface area contributed by atoms with Gasteiger partial charge in [-0.1, -0.05) is 26.0 Å². The van der Waals surface area contributed by atoms with Crippen molar-refractivity contribution >= 4 is 35.5 Å². The van der Waals surface area contributed by atoms with Crippen molar-refractivity contribution in [1.29, 1.82) is 0 Å². The van der Waals surface area contributed by atoms with Gasteiger partial charge in [0.2, 0.25) is 11.8 Å². The largest absolute Gasteiger partial charge is 0.508 e. The maximum atomic E-state index is 13.6. The number of benzene rings is 1. The number of hydrogen-bond donors (Lipinski definition) is 4. The lowest BCUT2D eigenvalue weighted by Crippen LogP contribution is -2.62. The quantitative estimate of drug-likeness (QED) is 0.209. The maximum Gasteiger partial charge on any atom is 0.324 e. The van der Waals surface area contributed by atoms with Crippen molar-refractivity contribution in [1.82, 2.24) is 26.0 Å². The van der Waals surface area contributed by atoms with Gasteiger partial charge in [0.15, 0.2) is 0 Å². The third kappa shape index (κ3) is 8.13. The molecule has 3 rings (SSSR count). The Balaban J connectivity index is 1.72. The van der Waals surface area contributed by atoms with Crippen LogP contribution in [0, 0.1) is 5.92 Å². The first-order valence-electron chi connectivity index (χ1n) is 13.5. The first-order valence-corrected chi connectivity index (χ1v) is 13.5. The zero-order valence-electron chi connectivity index (χ0n) is 23.6. The lowest BCUT2D eigenvalue weighted by molar-refractivity contribution is -0.151. The van der Waals surface area contributed by atoms with Gasteiger partial charge in [-0.2, -0.15) is 0 Å². The molecule has 222 valence electrons. The average molecular weight is 572 g/mol. The number of methoxy groups -OCH3 is 1. The van der Waals surface area contributed by atoms with E-state index in [9.17, 15) is 33.9 Å². The van der Waals surface area contributed by atoms with E-state index in [1.807, 2.05) is 0 Å². The number of hydrazine groups is 1. The number of imide groups is 1. The van der Waals surface area contributed by atoms with Gasteiger partial charge in [-0.05, 0) is 43.4 Å². The minimum Gasteiger partial charge on any atom is -0.508 e. The van der Waals surface area contributed by atoms with Crippen LogP contribution >= 0.6 is 0 Å². The van der Waals surface area contributed by atoms with E-state index in [0.717, 1.165) is 4.90 Å². The molecule has 4 N–H and O–H groups in total. The number of ether oxygens (including phenoxy) is 1. The van der Waals surface area contributed by atoms with Crippen molar-refractivity contribution in [3.8, 4) is 5.75 Å². The molecular formula is C28H37N5O8. The van der Waals surface area contributed by atoms with E-state index in [2.05, 4.69) is 16.1 Å². The second-order valence-corrected chi connectivity index (χ2v) is 10.4. The fourth-order valence-electron chi connectivity index (χ4n) is 4.67. The summed E-state index contributed by atoms with van der Waals surface area (Å²) >= 11 is 0. The summed E-state index contributed by atoms with van der Waals surface area (Å²) < 4.78 is 4.80. The Labute approximate surface area is 238 Å². The van der Waals surface area contributed by atoms with E-state index < -0.39 is 53.6 Å². The van der Waals surface area contributed by atoms with Crippen LogP contribution in [0.15, 0.2) is 35.9 Å². The molecule has 41 heavy (non-hydrogen) atoms. The van der Waals surface area contributed by atoms with Crippen molar-refractivity contribution in [2.24, 2.45) is 5.92 Å². The topological polar surface area (TPSA) is 174 Å². The first-order chi connectivity index (χ1) is 19.4. The summed E-state index contributed by atoms with van der Waals surface area (Å²) in [7, 11) is 1.26. The van der Waals surface area contributed by atoms with Crippen LogP contribution in [0.5, 0.6) is 5.75 Å². The molecule has 1 aromatic carbocycles.